The van der Waals surface area contributed by atoms with Gasteiger partial charge in [-0.1, -0.05) is 35.9 Å². The minimum absolute atomic E-state index is 0.799. The largest absolute Gasteiger partial charge is 0.497 e. The molecule has 0 saturated heterocycles. The first-order valence-corrected chi connectivity index (χ1v) is 5.49. The van der Waals surface area contributed by atoms with E-state index in [1.54, 1.807) is 7.11 Å². The average molecular weight is 233 g/mol. The lowest BCUT2D eigenvalue weighted by Gasteiger charge is -2.05. The molecule has 0 radical (unpaired) electrons. The van der Waals surface area contributed by atoms with E-state index in [9.17, 15) is 0 Å². The van der Waals surface area contributed by atoms with Crippen LogP contribution in [0.3, 0.4) is 0 Å². The average Bonchev–Trinajstić information content (AvgIpc) is 2.33. The zero-order chi connectivity index (χ0) is 11.5. The summed E-state index contributed by atoms with van der Waals surface area (Å²) in [7, 11) is 1.66. The lowest BCUT2D eigenvalue weighted by Crippen LogP contribution is -1.83. The molecule has 2 aromatic carbocycles. The summed E-state index contributed by atoms with van der Waals surface area (Å²) in [4.78, 5) is 0. The van der Waals surface area contributed by atoms with Crippen LogP contribution in [0, 0.1) is 6.92 Å². The molecule has 0 aliphatic rings. The highest BCUT2D eigenvalue weighted by Gasteiger charge is 2.01. The van der Waals surface area contributed by atoms with E-state index in [0.29, 0.717) is 0 Å². The number of rotatable bonds is 2. The van der Waals surface area contributed by atoms with Crippen molar-refractivity contribution in [1.82, 2.24) is 0 Å². The molecule has 0 bridgehead atoms. The molecule has 1 nitrogen and oxygen atoms in total. The Morgan fingerprint density at radius 3 is 2.12 bits per heavy atom. The van der Waals surface area contributed by atoms with E-state index in [2.05, 4.69) is 6.07 Å². The van der Waals surface area contributed by atoms with Crippen molar-refractivity contribution in [3.8, 4) is 16.9 Å². The van der Waals surface area contributed by atoms with E-state index in [-0.39, 0.29) is 0 Å². The second kappa shape index (κ2) is 4.58. The highest BCUT2D eigenvalue weighted by Crippen LogP contribution is 2.26. The molecule has 0 saturated carbocycles. The summed E-state index contributed by atoms with van der Waals surface area (Å²) in [5, 5.41) is 0.799. The minimum Gasteiger partial charge on any atom is -0.497 e. The van der Waals surface area contributed by atoms with Crippen LogP contribution in [0.15, 0.2) is 42.5 Å². The molecule has 0 amide bonds. The van der Waals surface area contributed by atoms with Crippen molar-refractivity contribution < 1.29 is 4.74 Å². The predicted molar refractivity (Wildman–Crippen MR) is 68.2 cm³/mol. The zero-order valence-electron chi connectivity index (χ0n) is 9.33. The molecule has 0 aromatic heterocycles. The van der Waals surface area contributed by atoms with Gasteiger partial charge in [-0.15, -0.1) is 0 Å². The first kappa shape index (κ1) is 11.0. The van der Waals surface area contributed by atoms with Gasteiger partial charge in [0.1, 0.15) is 5.75 Å². The highest BCUT2D eigenvalue weighted by atomic mass is 35.5. The summed E-state index contributed by atoms with van der Waals surface area (Å²) in [6, 6.07) is 14.0. The Labute approximate surface area is 101 Å². The van der Waals surface area contributed by atoms with Gasteiger partial charge in [-0.05, 0) is 41.8 Å². The van der Waals surface area contributed by atoms with Crippen molar-refractivity contribution in [2.45, 2.75) is 6.92 Å². The maximum absolute atomic E-state index is 6.10. The molecule has 0 N–H and O–H groups in total. The summed E-state index contributed by atoms with van der Waals surface area (Å²) in [5.41, 5.74) is 3.36. The van der Waals surface area contributed by atoms with Crippen LogP contribution in [0.1, 0.15) is 5.56 Å². The Hall–Kier alpha value is -1.47. The number of methoxy groups -OCH3 is 1. The quantitative estimate of drug-likeness (QED) is 0.749. The normalized spacial score (nSPS) is 10.2. The van der Waals surface area contributed by atoms with Gasteiger partial charge in [-0.3, -0.25) is 0 Å². The molecule has 16 heavy (non-hydrogen) atoms. The SMILES string of the molecule is COc1ccc(-c2ccc(C)c(Cl)c2)cc1. The van der Waals surface area contributed by atoms with Crippen molar-refractivity contribution >= 4 is 11.6 Å². The van der Waals surface area contributed by atoms with Crippen LogP contribution in [0.25, 0.3) is 11.1 Å². The molecule has 0 atom stereocenters. The van der Waals surface area contributed by atoms with Crippen molar-refractivity contribution in [1.29, 1.82) is 0 Å². The predicted octanol–water partition coefficient (Wildman–Crippen LogP) is 4.32. The standard InChI is InChI=1S/C14H13ClO/c1-10-3-4-12(9-14(10)15)11-5-7-13(16-2)8-6-11/h3-9H,1-2H3. The van der Waals surface area contributed by atoms with E-state index in [1.165, 1.54) is 0 Å². The van der Waals surface area contributed by atoms with E-state index in [1.807, 2.05) is 43.3 Å². The van der Waals surface area contributed by atoms with Crippen LogP contribution in [0.2, 0.25) is 5.02 Å². The number of ether oxygens (including phenoxy) is 1. The maximum atomic E-state index is 6.10. The van der Waals surface area contributed by atoms with E-state index in [4.69, 9.17) is 16.3 Å². The molecule has 0 aliphatic heterocycles. The smallest absolute Gasteiger partial charge is 0.118 e. The van der Waals surface area contributed by atoms with Gasteiger partial charge in [0, 0.05) is 5.02 Å². The molecule has 82 valence electrons. The molecule has 0 heterocycles. The first-order valence-electron chi connectivity index (χ1n) is 5.11. The van der Waals surface area contributed by atoms with E-state index < -0.39 is 0 Å². The number of hydrogen-bond donors (Lipinski definition) is 0. The highest BCUT2D eigenvalue weighted by molar-refractivity contribution is 6.31. The van der Waals surface area contributed by atoms with Gasteiger partial charge in [0.05, 0.1) is 7.11 Å². The lowest BCUT2D eigenvalue weighted by atomic mass is 10.0. The summed E-state index contributed by atoms with van der Waals surface area (Å²) >= 11 is 6.10. The topological polar surface area (TPSA) is 9.23 Å². The van der Waals surface area contributed by atoms with Crippen LogP contribution in [0.4, 0.5) is 0 Å². The lowest BCUT2D eigenvalue weighted by molar-refractivity contribution is 0.415. The fourth-order valence-corrected chi connectivity index (χ4v) is 1.74. The third-order valence-electron chi connectivity index (χ3n) is 2.60. The Balaban J connectivity index is 2.38. The van der Waals surface area contributed by atoms with Gasteiger partial charge >= 0.3 is 0 Å². The van der Waals surface area contributed by atoms with Crippen molar-refractivity contribution in [2.24, 2.45) is 0 Å². The third-order valence-corrected chi connectivity index (χ3v) is 3.00. The monoisotopic (exact) mass is 232 g/mol. The molecule has 2 rings (SSSR count). The van der Waals surface area contributed by atoms with Gasteiger partial charge in [0.25, 0.3) is 0 Å². The molecule has 0 fully saturated rings. The summed E-state index contributed by atoms with van der Waals surface area (Å²) in [6.07, 6.45) is 0. The molecule has 2 heteroatoms. The second-order valence-electron chi connectivity index (χ2n) is 3.69. The van der Waals surface area contributed by atoms with Gasteiger partial charge < -0.3 is 4.74 Å². The Kier molecular flexibility index (Phi) is 3.16. The Morgan fingerprint density at radius 2 is 1.56 bits per heavy atom. The number of hydrogen-bond acceptors (Lipinski definition) is 1. The summed E-state index contributed by atoms with van der Waals surface area (Å²) < 4.78 is 5.12. The molecule has 2 aromatic rings. The summed E-state index contributed by atoms with van der Waals surface area (Å²) in [6.45, 7) is 2.00. The molecule has 0 unspecified atom stereocenters. The van der Waals surface area contributed by atoms with Crippen LogP contribution < -0.4 is 4.74 Å². The maximum Gasteiger partial charge on any atom is 0.118 e. The van der Waals surface area contributed by atoms with Crippen LogP contribution in [-0.2, 0) is 0 Å². The Morgan fingerprint density at radius 1 is 0.938 bits per heavy atom. The van der Waals surface area contributed by atoms with Gasteiger partial charge in [-0.25, -0.2) is 0 Å². The van der Waals surface area contributed by atoms with E-state index in [0.717, 1.165) is 27.5 Å². The van der Waals surface area contributed by atoms with Gasteiger partial charge in [0.2, 0.25) is 0 Å². The zero-order valence-corrected chi connectivity index (χ0v) is 10.1. The number of aryl methyl sites for hydroxylation is 1. The van der Waals surface area contributed by atoms with Crippen LogP contribution >= 0.6 is 11.6 Å². The van der Waals surface area contributed by atoms with Crippen molar-refractivity contribution in [3.05, 3.63) is 53.1 Å². The molecular formula is C14H13ClO. The Bertz CT molecular complexity index is 489. The van der Waals surface area contributed by atoms with Crippen LogP contribution in [0.5, 0.6) is 5.75 Å². The first-order chi connectivity index (χ1) is 7.70. The van der Waals surface area contributed by atoms with Crippen molar-refractivity contribution in [3.63, 3.8) is 0 Å². The number of halogens is 1. The molecule has 0 spiro atoms. The number of benzene rings is 2. The van der Waals surface area contributed by atoms with Crippen molar-refractivity contribution in [2.75, 3.05) is 7.11 Å². The summed E-state index contributed by atoms with van der Waals surface area (Å²) in [5.74, 6) is 0.863. The van der Waals surface area contributed by atoms with E-state index >= 15 is 0 Å². The fourth-order valence-electron chi connectivity index (χ4n) is 1.56. The minimum atomic E-state index is 0.799. The molecule has 0 aliphatic carbocycles. The van der Waals surface area contributed by atoms with Gasteiger partial charge in [-0.2, -0.15) is 0 Å². The second-order valence-corrected chi connectivity index (χ2v) is 4.10. The molecular weight excluding hydrogens is 220 g/mol. The van der Waals surface area contributed by atoms with Gasteiger partial charge in [0.15, 0.2) is 0 Å². The van der Waals surface area contributed by atoms with Crippen LogP contribution in [-0.4, -0.2) is 7.11 Å². The third kappa shape index (κ3) is 2.20. The fraction of sp³-hybridized carbons (Fsp3) is 0.143.